The molecule has 1 N–H and O–H groups in total. The third kappa shape index (κ3) is 1.31. The molecule has 4 heterocycles. The summed E-state index contributed by atoms with van der Waals surface area (Å²) in [5.41, 5.74) is -1.99. The van der Waals surface area contributed by atoms with Gasteiger partial charge in [0.25, 0.3) is 0 Å². The number of hydrogen-bond acceptors (Lipinski definition) is 5. The average Bonchev–Trinajstić information content (AvgIpc) is 2.79. The van der Waals surface area contributed by atoms with Gasteiger partial charge in [-0.3, -0.25) is 5.41 Å². The molecule has 24 heavy (non-hydrogen) atoms. The Morgan fingerprint density at radius 1 is 1.21 bits per heavy atom. The van der Waals surface area contributed by atoms with Crippen molar-refractivity contribution in [2.45, 2.75) is 38.1 Å². The van der Waals surface area contributed by atoms with Crippen molar-refractivity contribution >= 4 is 11.7 Å². The largest absolute Gasteiger partial charge is 0.447 e. The van der Waals surface area contributed by atoms with E-state index < -0.39 is 28.6 Å². The molecule has 0 saturated carbocycles. The molecule has 0 aliphatic carbocycles. The highest BCUT2D eigenvalue weighted by molar-refractivity contribution is 6.13. The molecule has 0 spiro atoms. The third-order valence-corrected chi connectivity index (χ3v) is 5.52. The Morgan fingerprint density at radius 2 is 1.88 bits per heavy atom. The van der Waals surface area contributed by atoms with E-state index >= 15 is 0 Å². The van der Waals surface area contributed by atoms with Gasteiger partial charge in [-0.15, -0.1) is 0 Å². The zero-order valence-corrected chi connectivity index (χ0v) is 13.4. The Bertz CT molecular complexity index is 852. The van der Waals surface area contributed by atoms with Crippen LogP contribution in [0.5, 0.6) is 0 Å². The highest BCUT2D eigenvalue weighted by atomic mass is 16.7. The molecule has 0 aromatic heterocycles. The van der Waals surface area contributed by atoms with E-state index in [0.717, 1.165) is 5.56 Å². The minimum atomic E-state index is -1.41. The molecule has 5 rings (SSSR count). The first kappa shape index (κ1) is 14.9. The number of aliphatic imine (C=N–C) groups is 1. The van der Waals surface area contributed by atoms with Crippen LogP contribution in [0.1, 0.15) is 31.7 Å². The number of nitrogens with zero attached hydrogens (tertiary/aromatic N) is 3. The van der Waals surface area contributed by atoms with Crippen molar-refractivity contribution in [3.05, 3.63) is 35.9 Å². The molecule has 6 heteroatoms. The van der Waals surface area contributed by atoms with Gasteiger partial charge in [-0.05, 0) is 12.0 Å². The quantitative estimate of drug-likeness (QED) is 0.905. The molecule has 4 aliphatic rings. The number of fused-ring (bicyclic) bond motifs is 1. The first-order valence-corrected chi connectivity index (χ1v) is 7.92. The van der Waals surface area contributed by atoms with E-state index in [4.69, 9.17) is 14.9 Å². The van der Waals surface area contributed by atoms with Crippen molar-refractivity contribution in [3.8, 4) is 12.1 Å². The minimum Gasteiger partial charge on any atom is -0.447 e. The van der Waals surface area contributed by atoms with E-state index in [0.29, 0.717) is 6.42 Å². The molecule has 3 saturated heterocycles. The maximum absolute atomic E-state index is 10.2. The summed E-state index contributed by atoms with van der Waals surface area (Å²) in [5, 5.41) is 28.7. The van der Waals surface area contributed by atoms with E-state index in [9.17, 15) is 10.5 Å². The van der Waals surface area contributed by atoms with Crippen LogP contribution in [0.4, 0.5) is 0 Å². The van der Waals surface area contributed by atoms with Crippen LogP contribution in [-0.2, 0) is 9.47 Å². The molecule has 0 radical (unpaired) electrons. The van der Waals surface area contributed by atoms with Crippen LogP contribution < -0.4 is 0 Å². The Morgan fingerprint density at radius 3 is 2.46 bits per heavy atom. The Labute approximate surface area is 139 Å². The summed E-state index contributed by atoms with van der Waals surface area (Å²) in [6, 6.07) is 13.9. The predicted molar refractivity (Wildman–Crippen MR) is 85.1 cm³/mol. The SMILES string of the molecule is CC[C@@H]1O[C@@]2(C)OC3=NC(=N)[C@](C#N)([C@@H]2c2ccccc2)[C@@]31C#N. The average molecular weight is 320 g/mol. The second kappa shape index (κ2) is 4.43. The lowest BCUT2D eigenvalue weighted by Gasteiger charge is -2.60. The zero-order chi connectivity index (χ0) is 17.2. The molecule has 1 aromatic rings. The lowest BCUT2D eigenvalue weighted by atomic mass is 9.50. The number of ether oxygens (including phenoxy) is 2. The molecule has 6 nitrogen and oxygen atoms in total. The number of amidine groups is 1. The van der Waals surface area contributed by atoms with Crippen LogP contribution in [0.3, 0.4) is 0 Å². The molecule has 4 aliphatic heterocycles. The van der Waals surface area contributed by atoms with Crippen molar-refractivity contribution in [2.24, 2.45) is 15.8 Å². The van der Waals surface area contributed by atoms with E-state index in [1.807, 2.05) is 37.3 Å². The van der Waals surface area contributed by atoms with Gasteiger partial charge < -0.3 is 9.47 Å². The van der Waals surface area contributed by atoms with Gasteiger partial charge in [0.2, 0.25) is 11.7 Å². The fraction of sp³-hybridized carbons (Fsp3) is 0.444. The summed E-state index contributed by atoms with van der Waals surface area (Å²) in [6.45, 7) is 3.67. The van der Waals surface area contributed by atoms with Crippen molar-refractivity contribution in [1.29, 1.82) is 15.9 Å². The first-order chi connectivity index (χ1) is 11.5. The lowest BCUT2D eigenvalue weighted by molar-refractivity contribution is -0.314. The van der Waals surface area contributed by atoms with Gasteiger partial charge in [0.1, 0.15) is 5.84 Å². The van der Waals surface area contributed by atoms with Crippen molar-refractivity contribution in [3.63, 3.8) is 0 Å². The number of nitrogens with one attached hydrogen (secondary N) is 1. The Hall–Kier alpha value is -2.70. The van der Waals surface area contributed by atoms with E-state index in [1.165, 1.54) is 0 Å². The Kier molecular flexibility index (Phi) is 2.75. The van der Waals surface area contributed by atoms with Gasteiger partial charge >= 0.3 is 0 Å². The summed E-state index contributed by atoms with van der Waals surface area (Å²) in [5.74, 6) is -1.70. The predicted octanol–water partition coefficient (Wildman–Crippen LogP) is 2.73. The van der Waals surface area contributed by atoms with E-state index in [2.05, 4.69) is 17.1 Å². The number of nitriles is 2. The molecule has 120 valence electrons. The van der Waals surface area contributed by atoms with Crippen LogP contribution in [-0.4, -0.2) is 23.6 Å². The molecular formula is C18H16N4O2. The Balaban J connectivity index is 2.07. The molecule has 5 atom stereocenters. The second-order valence-electron chi connectivity index (χ2n) is 6.58. The van der Waals surface area contributed by atoms with Gasteiger partial charge in [0.05, 0.1) is 24.2 Å². The molecule has 0 unspecified atom stereocenters. The molecule has 0 amide bonds. The smallest absolute Gasteiger partial charge is 0.218 e. The second-order valence-corrected chi connectivity index (χ2v) is 6.58. The monoisotopic (exact) mass is 320 g/mol. The maximum atomic E-state index is 10.2. The summed E-state index contributed by atoms with van der Waals surface area (Å²) in [7, 11) is 0. The van der Waals surface area contributed by atoms with Crippen molar-refractivity contribution in [1.82, 2.24) is 0 Å². The van der Waals surface area contributed by atoms with Crippen molar-refractivity contribution < 1.29 is 9.47 Å². The van der Waals surface area contributed by atoms with Crippen LogP contribution in [0.2, 0.25) is 0 Å². The van der Waals surface area contributed by atoms with Gasteiger partial charge in [0.15, 0.2) is 10.8 Å². The standard InChI is InChI=1S/C18H16N4O2/c1-3-12-17(9-19)15-22-14(21)18(17,10-20)13(16(2,23-12)24-15)11-7-5-4-6-8-11/h4-8,12-13,21H,3H2,1-2H3/t12-,13+,16-,17+,18-/m0/s1. The highest BCUT2D eigenvalue weighted by Gasteiger charge is 2.82. The fourth-order valence-electron chi connectivity index (χ4n) is 4.60. The zero-order valence-electron chi connectivity index (χ0n) is 13.4. The van der Waals surface area contributed by atoms with Crippen LogP contribution >= 0.6 is 0 Å². The number of rotatable bonds is 2. The maximum Gasteiger partial charge on any atom is 0.218 e. The first-order valence-electron chi connectivity index (χ1n) is 7.92. The summed E-state index contributed by atoms with van der Waals surface area (Å²) < 4.78 is 12.1. The van der Waals surface area contributed by atoms with Crippen molar-refractivity contribution in [2.75, 3.05) is 0 Å². The molecular weight excluding hydrogens is 304 g/mol. The van der Waals surface area contributed by atoms with E-state index in [-0.39, 0.29) is 11.7 Å². The van der Waals surface area contributed by atoms with Gasteiger partial charge in [-0.1, -0.05) is 37.3 Å². The van der Waals surface area contributed by atoms with Gasteiger partial charge in [0, 0.05) is 6.92 Å². The lowest BCUT2D eigenvalue weighted by Crippen LogP contribution is -2.72. The van der Waals surface area contributed by atoms with Crippen LogP contribution in [0, 0.1) is 38.9 Å². The minimum absolute atomic E-state index is 0.110. The summed E-state index contributed by atoms with van der Waals surface area (Å²) in [4.78, 5) is 4.19. The highest BCUT2D eigenvalue weighted by Crippen LogP contribution is 2.69. The van der Waals surface area contributed by atoms with Gasteiger partial charge in [-0.25, -0.2) is 0 Å². The topological polar surface area (TPSA) is 102 Å². The normalized spacial score (nSPS) is 42.0. The summed E-state index contributed by atoms with van der Waals surface area (Å²) >= 11 is 0. The van der Waals surface area contributed by atoms with Crippen LogP contribution in [0.25, 0.3) is 0 Å². The molecule has 3 fully saturated rings. The van der Waals surface area contributed by atoms with E-state index in [1.54, 1.807) is 6.92 Å². The molecule has 1 aromatic carbocycles. The summed E-state index contributed by atoms with van der Waals surface area (Å²) in [6.07, 6.45) is -0.00789. The number of hydrogen-bond donors (Lipinski definition) is 1. The van der Waals surface area contributed by atoms with Gasteiger partial charge in [-0.2, -0.15) is 15.5 Å². The number of benzene rings is 1. The third-order valence-electron chi connectivity index (χ3n) is 5.52. The van der Waals surface area contributed by atoms with Crippen LogP contribution in [0.15, 0.2) is 35.3 Å². The fourth-order valence-corrected chi connectivity index (χ4v) is 4.60. The molecule has 4 bridgehead atoms.